The van der Waals surface area contributed by atoms with Gasteiger partial charge in [-0.25, -0.2) is 0 Å². The summed E-state index contributed by atoms with van der Waals surface area (Å²) in [5, 5.41) is 16.3. The van der Waals surface area contributed by atoms with Crippen LogP contribution in [0.2, 0.25) is 0 Å². The van der Waals surface area contributed by atoms with E-state index in [4.69, 9.17) is 15.9 Å². The predicted octanol–water partition coefficient (Wildman–Crippen LogP) is -1.05. The first-order chi connectivity index (χ1) is 4.54. The van der Waals surface area contributed by atoms with Crippen molar-refractivity contribution in [2.45, 2.75) is 18.9 Å². The minimum absolute atomic E-state index is 0. The molecule has 0 aromatic heterocycles. The molecule has 0 radical (unpaired) electrons. The molecule has 0 aliphatic carbocycles. The van der Waals surface area contributed by atoms with E-state index in [1.54, 1.807) is 0 Å². The zero-order chi connectivity index (χ0) is 8.15. The molecule has 0 aliphatic heterocycles. The summed E-state index contributed by atoms with van der Waals surface area (Å²) in [7, 11) is 0. The molecule has 0 aliphatic rings. The smallest absolute Gasteiger partial charge is 1.00 e. The predicted molar refractivity (Wildman–Crippen MR) is 48.4 cm³/mol. The van der Waals surface area contributed by atoms with Crippen LogP contribution >= 0.6 is 0 Å². The number of aliphatic carboxylic acids is 2. The van der Waals surface area contributed by atoms with Crippen LogP contribution in [0, 0.1) is 0 Å². The molecule has 5 nitrogen and oxygen atoms in total. The molecule has 0 bridgehead atoms. The standard InChI is InChI=1S/C5H9NO4.2Ca.4H/c6-3(5(9)10)1-2-4(7)8;;;;;;/h3H,1-2,6H2,(H,7,8)(H,9,10);;;;;;/q;2*+2;4*-1/t3-;;;;;;/m0....../s1. The first kappa shape index (κ1) is 19.1. The summed E-state index contributed by atoms with van der Waals surface area (Å²) in [6, 6.07) is -1.06. The number of carboxylic acid groups (broad SMARTS) is 2. The van der Waals surface area contributed by atoms with E-state index in [9.17, 15) is 9.59 Å². The monoisotopic (exact) mass is 231 g/mol. The molecule has 0 saturated heterocycles. The van der Waals surface area contributed by atoms with Gasteiger partial charge in [0.15, 0.2) is 0 Å². The Kier molecular flexibility index (Phi) is 16.7. The van der Waals surface area contributed by atoms with Crippen molar-refractivity contribution in [3.8, 4) is 0 Å². The van der Waals surface area contributed by atoms with Gasteiger partial charge in [0.25, 0.3) is 0 Å². The maximum absolute atomic E-state index is 9.99. The van der Waals surface area contributed by atoms with Crippen molar-refractivity contribution in [2.75, 3.05) is 0 Å². The number of hydrogen-bond donors (Lipinski definition) is 3. The van der Waals surface area contributed by atoms with Gasteiger partial charge in [-0.3, -0.25) is 9.59 Å². The molecule has 7 heteroatoms. The molecule has 0 fully saturated rings. The molecule has 0 aromatic rings. The molecule has 0 unspecified atom stereocenters. The molecule has 0 heterocycles. The Bertz CT molecular complexity index is 165. The van der Waals surface area contributed by atoms with Gasteiger partial charge in [0.2, 0.25) is 0 Å². The summed E-state index contributed by atoms with van der Waals surface area (Å²) in [6.45, 7) is 0. The summed E-state index contributed by atoms with van der Waals surface area (Å²) >= 11 is 0. The van der Waals surface area contributed by atoms with Crippen LogP contribution in [0.15, 0.2) is 0 Å². The Balaban J connectivity index is -0.0000000270. The topological polar surface area (TPSA) is 101 Å². The summed E-state index contributed by atoms with van der Waals surface area (Å²) in [6.07, 6.45) is -0.224. The molecule has 0 amide bonds. The molecule has 0 spiro atoms. The van der Waals surface area contributed by atoms with Crippen LogP contribution in [0.25, 0.3) is 0 Å². The largest absolute Gasteiger partial charge is 2.00 e. The van der Waals surface area contributed by atoms with E-state index in [0.29, 0.717) is 0 Å². The van der Waals surface area contributed by atoms with Crippen LogP contribution in [0.3, 0.4) is 0 Å². The number of hydrogen-bond acceptors (Lipinski definition) is 3. The van der Waals surface area contributed by atoms with Gasteiger partial charge >= 0.3 is 87.4 Å². The Morgan fingerprint density at radius 3 is 2.00 bits per heavy atom. The van der Waals surface area contributed by atoms with Crippen LogP contribution in [-0.2, 0) is 9.59 Å². The minimum atomic E-state index is -1.17. The minimum Gasteiger partial charge on any atom is -1.00 e. The van der Waals surface area contributed by atoms with Crippen LogP contribution in [0.4, 0.5) is 0 Å². The summed E-state index contributed by atoms with van der Waals surface area (Å²) < 4.78 is 0. The van der Waals surface area contributed by atoms with Crippen molar-refractivity contribution in [1.29, 1.82) is 0 Å². The summed E-state index contributed by atoms with van der Waals surface area (Å²) in [5.74, 6) is -2.20. The van der Waals surface area contributed by atoms with Crippen LogP contribution in [0.1, 0.15) is 18.5 Å². The first-order valence-electron chi connectivity index (χ1n) is 2.74. The summed E-state index contributed by atoms with van der Waals surface area (Å²) in [4.78, 5) is 19.9. The Morgan fingerprint density at radius 1 is 1.33 bits per heavy atom. The van der Waals surface area contributed by atoms with Crippen LogP contribution < -0.4 is 5.73 Å². The van der Waals surface area contributed by atoms with Crippen LogP contribution in [-0.4, -0.2) is 104 Å². The molecule has 4 N–H and O–H groups in total. The van der Waals surface area contributed by atoms with Gasteiger partial charge in [-0.1, -0.05) is 0 Å². The molecular formula is C5H13Ca2NO4. The number of rotatable bonds is 4. The van der Waals surface area contributed by atoms with Gasteiger partial charge < -0.3 is 21.7 Å². The third-order valence-corrected chi connectivity index (χ3v) is 0.986. The van der Waals surface area contributed by atoms with Gasteiger partial charge in [-0.2, -0.15) is 0 Å². The van der Waals surface area contributed by atoms with Crippen LogP contribution in [0.5, 0.6) is 0 Å². The molecular weight excluding hydrogens is 218 g/mol. The number of nitrogens with two attached hydrogens (primary N) is 1. The van der Waals surface area contributed by atoms with E-state index >= 15 is 0 Å². The molecule has 12 heavy (non-hydrogen) atoms. The molecule has 1 atom stereocenters. The van der Waals surface area contributed by atoms with E-state index in [2.05, 4.69) is 0 Å². The maximum atomic E-state index is 9.99. The van der Waals surface area contributed by atoms with E-state index < -0.39 is 18.0 Å². The van der Waals surface area contributed by atoms with Gasteiger partial charge in [0.05, 0.1) is 0 Å². The molecule has 0 saturated carbocycles. The zero-order valence-corrected chi connectivity index (χ0v) is 11.1. The third-order valence-electron chi connectivity index (χ3n) is 0.986. The van der Waals surface area contributed by atoms with E-state index in [0.717, 1.165) is 0 Å². The van der Waals surface area contributed by atoms with Crippen molar-refractivity contribution in [3.05, 3.63) is 0 Å². The number of carboxylic acids is 2. The van der Waals surface area contributed by atoms with Gasteiger partial charge in [-0.15, -0.1) is 0 Å². The first-order valence-corrected chi connectivity index (χ1v) is 2.74. The van der Waals surface area contributed by atoms with Gasteiger partial charge in [0, 0.05) is 6.42 Å². The van der Waals surface area contributed by atoms with E-state index in [1.807, 2.05) is 0 Å². The normalized spacial score (nSPS) is 10.4. The number of carbonyl (C=O) groups is 2. The summed E-state index contributed by atoms with van der Waals surface area (Å²) in [5.41, 5.74) is 5.00. The Hall–Kier alpha value is 1.42. The average molecular weight is 231 g/mol. The second-order valence-corrected chi connectivity index (χ2v) is 1.88. The van der Waals surface area contributed by atoms with E-state index in [-0.39, 0.29) is 94.0 Å². The average Bonchev–Trinajstić information content (AvgIpc) is 1.82. The Morgan fingerprint density at radius 2 is 1.75 bits per heavy atom. The molecule has 0 aromatic carbocycles. The SMILES string of the molecule is N[C@@H](CCC(=O)O)C(=O)O.[Ca+2].[Ca+2].[H-].[H-].[H-].[H-]. The van der Waals surface area contributed by atoms with Gasteiger partial charge in [-0.05, 0) is 6.42 Å². The van der Waals surface area contributed by atoms with Crippen molar-refractivity contribution >= 4 is 87.4 Å². The van der Waals surface area contributed by atoms with Crippen molar-refractivity contribution < 1.29 is 25.5 Å². The fourth-order valence-corrected chi connectivity index (χ4v) is 0.402. The van der Waals surface area contributed by atoms with Crippen molar-refractivity contribution in [1.82, 2.24) is 0 Å². The van der Waals surface area contributed by atoms with E-state index in [1.165, 1.54) is 0 Å². The van der Waals surface area contributed by atoms with Gasteiger partial charge in [0.1, 0.15) is 6.04 Å². The second-order valence-electron chi connectivity index (χ2n) is 1.88. The zero-order valence-electron chi connectivity index (χ0n) is 10.7. The fourth-order valence-electron chi connectivity index (χ4n) is 0.402. The molecule has 0 rings (SSSR count). The maximum Gasteiger partial charge on any atom is 2.00 e. The second kappa shape index (κ2) is 10.5. The van der Waals surface area contributed by atoms with Crippen molar-refractivity contribution in [3.63, 3.8) is 0 Å². The molecule has 66 valence electrons. The third kappa shape index (κ3) is 11.4. The Labute approximate surface area is 136 Å². The quantitative estimate of drug-likeness (QED) is 0.536. The van der Waals surface area contributed by atoms with Crippen molar-refractivity contribution in [2.24, 2.45) is 5.73 Å². The fraction of sp³-hybridized carbons (Fsp3) is 0.600.